The van der Waals surface area contributed by atoms with E-state index in [0.717, 1.165) is 18.4 Å². The van der Waals surface area contributed by atoms with Crippen molar-refractivity contribution in [2.45, 2.75) is 92.9 Å². The molecule has 2 aromatic rings. The topological polar surface area (TPSA) is 40.5 Å². The van der Waals surface area contributed by atoms with E-state index in [1.165, 1.54) is 5.56 Å². The summed E-state index contributed by atoms with van der Waals surface area (Å²) in [7, 11) is 0. The van der Waals surface area contributed by atoms with Crippen LogP contribution in [0.25, 0.3) is 0 Å². The number of aromatic hydroxyl groups is 2. The Bertz CT molecular complexity index is 785. The van der Waals surface area contributed by atoms with Gasteiger partial charge >= 0.3 is 0 Å². The second-order valence-electron chi connectivity index (χ2n) is 12.3. The minimum Gasteiger partial charge on any atom is -0.508 e. The molecule has 168 valence electrons. The minimum absolute atomic E-state index is 0.0175. The van der Waals surface area contributed by atoms with Gasteiger partial charge < -0.3 is 10.2 Å². The molecule has 0 heterocycles. The van der Waals surface area contributed by atoms with Gasteiger partial charge in [0, 0.05) is 0 Å². The third kappa shape index (κ3) is 8.81. The maximum atomic E-state index is 9.84. The van der Waals surface area contributed by atoms with Crippen LogP contribution in [0.3, 0.4) is 0 Å². The van der Waals surface area contributed by atoms with Crippen molar-refractivity contribution in [1.82, 2.24) is 0 Å². The van der Waals surface area contributed by atoms with Crippen LogP contribution in [0.5, 0.6) is 11.5 Å². The quantitative estimate of drug-likeness (QED) is 0.531. The fourth-order valence-corrected chi connectivity index (χ4v) is 4.81. The second-order valence-corrected chi connectivity index (χ2v) is 12.3. The average molecular weight is 413 g/mol. The highest BCUT2D eigenvalue weighted by molar-refractivity contribution is 5.37. The molecule has 0 spiro atoms. The van der Waals surface area contributed by atoms with Gasteiger partial charge in [0.05, 0.1) is 0 Å². The van der Waals surface area contributed by atoms with Gasteiger partial charge in [0.15, 0.2) is 0 Å². The summed E-state index contributed by atoms with van der Waals surface area (Å²) in [5.41, 5.74) is 3.10. The van der Waals surface area contributed by atoms with Crippen molar-refractivity contribution >= 4 is 0 Å². The van der Waals surface area contributed by atoms with Crippen LogP contribution >= 0.6 is 0 Å². The summed E-state index contributed by atoms with van der Waals surface area (Å²) >= 11 is 0. The highest BCUT2D eigenvalue weighted by atomic mass is 16.3. The molecular weight excluding hydrogens is 368 g/mol. The van der Waals surface area contributed by atoms with E-state index in [1.54, 1.807) is 18.2 Å². The van der Waals surface area contributed by atoms with E-state index in [1.807, 2.05) is 30.3 Å². The van der Waals surface area contributed by atoms with E-state index in [4.69, 9.17) is 0 Å². The van der Waals surface area contributed by atoms with Gasteiger partial charge in [-0.3, -0.25) is 0 Å². The molecule has 2 heteroatoms. The monoisotopic (exact) mass is 412 g/mol. The first-order valence-corrected chi connectivity index (χ1v) is 11.0. The average Bonchev–Trinajstić information content (AvgIpc) is 2.51. The lowest BCUT2D eigenvalue weighted by molar-refractivity contribution is 0.278. The molecule has 0 aromatic heterocycles. The van der Waals surface area contributed by atoms with Crippen molar-refractivity contribution < 1.29 is 10.2 Å². The molecule has 30 heavy (non-hydrogen) atoms. The number of hydrogen-bond acceptors (Lipinski definition) is 2. The lowest BCUT2D eigenvalue weighted by Gasteiger charge is -2.33. The fourth-order valence-electron chi connectivity index (χ4n) is 4.81. The zero-order valence-electron chi connectivity index (χ0n) is 20.9. The van der Waals surface area contributed by atoms with E-state index in [-0.39, 0.29) is 16.2 Å². The molecule has 2 rings (SSSR count). The van der Waals surface area contributed by atoms with Crippen LogP contribution in [0.15, 0.2) is 48.5 Å². The van der Waals surface area contributed by atoms with Gasteiger partial charge in [-0.1, -0.05) is 99.6 Å². The molecule has 2 N–H and O–H groups in total. The highest BCUT2D eigenvalue weighted by Crippen LogP contribution is 2.39. The molecule has 0 bridgehead atoms. The summed E-state index contributed by atoms with van der Waals surface area (Å²) in [5.74, 6) is 0.747. The standard InChI is InChI=1S/2C14H22O/c1-13(2,3)10-14(4,5)11-6-8-12(15)9-7-11;1-13(2,3)10-14(4,5)11-8-6-7-9-12(11)15/h2*6-9,15H,10H2,1-5H3. The molecule has 0 unspecified atom stereocenters. The van der Waals surface area contributed by atoms with Gasteiger partial charge in [0.1, 0.15) is 11.5 Å². The van der Waals surface area contributed by atoms with Crippen LogP contribution < -0.4 is 0 Å². The SMILES string of the molecule is CC(C)(C)CC(C)(C)c1ccc(O)cc1.CC(C)(C)CC(C)(C)c1ccccc1O. The molecule has 0 fully saturated rings. The maximum Gasteiger partial charge on any atom is 0.119 e. The normalized spacial score (nSPS) is 12.9. The van der Waals surface area contributed by atoms with Crippen molar-refractivity contribution in [2.75, 3.05) is 0 Å². The van der Waals surface area contributed by atoms with E-state index < -0.39 is 0 Å². The van der Waals surface area contributed by atoms with Crippen LogP contribution in [0.2, 0.25) is 0 Å². The number of rotatable bonds is 4. The Labute approximate surface area is 185 Å². The smallest absolute Gasteiger partial charge is 0.119 e. The van der Waals surface area contributed by atoms with Crippen LogP contribution in [0.4, 0.5) is 0 Å². The van der Waals surface area contributed by atoms with Crippen molar-refractivity contribution in [3.8, 4) is 11.5 Å². The zero-order chi connectivity index (χ0) is 23.4. The molecule has 0 aliphatic rings. The van der Waals surface area contributed by atoms with E-state index >= 15 is 0 Å². The summed E-state index contributed by atoms with van der Waals surface area (Å²) in [6, 6.07) is 15.2. The third-order valence-corrected chi connectivity index (χ3v) is 5.23. The second kappa shape index (κ2) is 9.45. The van der Waals surface area contributed by atoms with E-state index in [0.29, 0.717) is 16.9 Å². The molecule has 0 atom stereocenters. The summed E-state index contributed by atoms with van der Waals surface area (Å²) in [6.45, 7) is 22.4. The Kier molecular flexibility index (Phi) is 8.22. The van der Waals surface area contributed by atoms with Crippen molar-refractivity contribution in [3.05, 3.63) is 59.7 Å². The molecule has 0 saturated heterocycles. The van der Waals surface area contributed by atoms with E-state index in [9.17, 15) is 10.2 Å². The van der Waals surface area contributed by atoms with Gasteiger partial charge in [-0.2, -0.15) is 0 Å². The molecule has 0 radical (unpaired) electrons. The summed E-state index contributed by atoms with van der Waals surface area (Å²) < 4.78 is 0. The molecular formula is C28H44O2. The van der Waals surface area contributed by atoms with Crippen LogP contribution in [0.1, 0.15) is 93.2 Å². The molecule has 2 nitrogen and oxygen atoms in total. The number of phenols is 2. The maximum absolute atomic E-state index is 9.84. The minimum atomic E-state index is 0.0175. The molecule has 0 aliphatic carbocycles. The summed E-state index contributed by atoms with van der Waals surface area (Å²) in [6.07, 6.45) is 2.18. The molecule has 2 aromatic carbocycles. The first-order valence-electron chi connectivity index (χ1n) is 11.0. The number of para-hydroxylation sites is 1. The van der Waals surface area contributed by atoms with Crippen molar-refractivity contribution in [3.63, 3.8) is 0 Å². The summed E-state index contributed by atoms with van der Waals surface area (Å²) in [5, 5.41) is 19.1. The Balaban J connectivity index is 0.000000300. The van der Waals surface area contributed by atoms with Crippen molar-refractivity contribution in [1.29, 1.82) is 0 Å². The number of phenolic OH excluding ortho intramolecular Hbond substituents is 2. The zero-order valence-corrected chi connectivity index (χ0v) is 20.9. The van der Waals surface area contributed by atoms with Gasteiger partial charge in [-0.25, -0.2) is 0 Å². The molecule has 0 amide bonds. The number of benzene rings is 2. The van der Waals surface area contributed by atoms with Gasteiger partial charge in [0.25, 0.3) is 0 Å². The first kappa shape index (κ1) is 26.1. The van der Waals surface area contributed by atoms with Gasteiger partial charge in [-0.15, -0.1) is 0 Å². The molecule has 0 aliphatic heterocycles. The van der Waals surface area contributed by atoms with Gasteiger partial charge in [-0.05, 0) is 63.8 Å². The summed E-state index contributed by atoms with van der Waals surface area (Å²) in [4.78, 5) is 0. The van der Waals surface area contributed by atoms with Crippen LogP contribution in [0, 0.1) is 10.8 Å². The fraction of sp³-hybridized carbons (Fsp3) is 0.571. The molecule has 0 saturated carbocycles. The van der Waals surface area contributed by atoms with Crippen LogP contribution in [-0.2, 0) is 10.8 Å². The predicted molar refractivity (Wildman–Crippen MR) is 130 cm³/mol. The third-order valence-electron chi connectivity index (χ3n) is 5.23. The Morgan fingerprint density at radius 2 is 1.00 bits per heavy atom. The van der Waals surface area contributed by atoms with Crippen LogP contribution in [-0.4, -0.2) is 10.2 Å². The van der Waals surface area contributed by atoms with E-state index in [2.05, 4.69) is 69.2 Å². The first-order chi connectivity index (χ1) is 13.4. The largest absolute Gasteiger partial charge is 0.508 e. The highest BCUT2D eigenvalue weighted by Gasteiger charge is 2.29. The van der Waals surface area contributed by atoms with Gasteiger partial charge in [0.2, 0.25) is 0 Å². The Morgan fingerprint density at radius 3 is 1.43 bits per heavy atom. The Hall–Kier alpha value is -1.96. The lowest BCUT2D eigenvalue weighted by atomic mass is 9.72. The van der Waals surface area contributed by atoms with Crippen molar-refractivity contribution in [2.24, 2.45) is 10.8 Å². The lowest BCUT2D eigenvalue weighted by Crippen LogP contribution is -2.24. The number of hydrogen-bond donors (Lipinski definition) is 2. The Morgan fingerprint density at radius 1 is 0.567 bits per heavy atom. The predicted octanol–water partition coefficient (Wildman–Crippen LogP) is 8.21.